The van der Waals surface area contributed by atoms with E-state index in [1.165, 1.54) is 49.8 Å². The van der Waals surface area contributed by atoms with E-state index in [0.29, 0.717) is 5.92 Å². The van der Waals surface area contributed by atoms with Gasteiger partial charge in [0.25, 0.3) is 0 Å². The van der Waals surface area contributed by atoms with Crippen LogP contribution >= 0.6 is 12.4 Å². The fraction of sp³-hybridized carbons (Fsp3) is 0.478. The van der Waals surface area contributed by atoms with Gasteiger partial charge in [0.1, 0.15) is 0 Å². The van der Waals surface area contributed by atoms with Gasteiger partial charge in [0.2, 0.25) is 0 Å². The molecule has 25 heavy (non-hydrogen) atoms. The van der Waals surface area contributed by atoms with Crippen molar-refractivity contribution >= 4 is 12.4 Å². The Kier molecular flexibility index (Phi) is 7.99. The Labute approximate surface area is 159 Å². The first-order valence-corrected chi connectivity index (χ1v) is 9.61. The van der Waals surface area contributed by atoms with E-state index in [9.17, 15) is 0 Å². The molecule has 0 aliphatic carbocycles. The minimum atomic E-state index is 0. The molecule has 2 heteroatoms. The summed E-state index contributed by atoms with van der Waals surface area (Å²) in [6.07, 6.45) is 6.62. The summed E-state index contributed by atoms with van der Waals surface area (Å²) in [6, 6.07) is 23.5. The maximum Gasteiger partial charge on any atom is 0.00898 e. The molecule has 1 fully saturated rings. The molecule has 3 rings (SSSR count). The van der Waals surface area contributed by atoms with Crippen LogP contribution in [0.1, 0.15) is 63.0 Å². The largest absolute Gasteiger partial charge is 0.298 e. The molecule has 0 saturated carbocycles. The van der Waals surface area contributed by atoms with Gasteiger partial charge in [-0.3, -0.25) is 4.90 Å². The second-order valence-electron chi connectivity index (χ2n) is 7.38. The van der Waals surface area contributed by atoms with E-state index < -0.39 is 0 Å². The number of hydrogen-bond acceptors (Lipinski definition) is 1. The first-order valence-electron chi connectivity index (χ1n) is 9.61. The van der Waals surface area contributed by atoms with Gasteiger partial charge < -0.3 is 0 Å². The maximum atomic E-state index is 2.73. The fourth-order valence-electron chi connectivity index (χ4n) is 4.29. The molecule has 0 radical (unpaired) electrons. The van der Waals surface area contributed by atoms with Crippen LogP contribution in [0.25, 0.3) is 0 Å². The predicted octanol–water partition coefficient (Wildman–Crippen LogP) is 6.28. The molecule has 1 aliphatic heterocycles. The molecule has 1 nitrogen and oxygen atoms in total. The van der Waals surface area contributed by atoms with Crippen molar-refractivity contribution in [2.45, 2.75) is 64.0 Å². The molecule has 0 amide bonds. The van der Waals surface area contributed by atoms with Crippen molar-refractivity contribution in [1.82, 2.24) is 4.90 Å². The molecule has 0 aromatic heterocycles. The molecule has 0 bridgehead atoms. The van der Waals surface area contributed by atoms with Gasteiger partial charge in [-0.1, -0.05) is 67.1 Å². The standard InChI is InChI=1S/C23H31N.ClH/c1-19-11-9-12-20(2)24(19)18-10-17-23(21-13-5-3-6-14-21)22-15-7-4-8-16-22;/h3-8,13-16,19-20,23H,9-12,17-18H2,1-2H3;1H. The zero-order valence-corrected chi connectivity index (χ0v) is 16.4. The van der Waals surface area contributed by atoms with Crippen molar-refractivity contribution in [3.05, 3.63) is 71.8 Å². The number of hydrogen-bond donors (Lipinski definition) is 0. The Morgan fingerprint density at radius 3 is 1.80 bits per heavy atom. The second-order valence-corrected chi connectivity index (χ2v) is 7.38. The van der Waals surface area contributed by atoms with Crippen LogP contribution in [-0.2, 0) is 0 Å². The lowest BCUT2D eigenvalue weighted by atomic mass is 9.87. The minimum Gasteiger partial charge on any atom is -0.298 e. The summed E-state index contributed by atoms with van der Waals surface area (Å²) in [6.45, 7) is 6.04. The van der Waals surface area contributed by atoms with Crippen molar-refractivity contribution in [3.8, 4) is 0 Å². The van der Waals surface area contributed by atoms with Crippen molar-refractivity contribution < 1.29 is 0 Å². The summed E-state index contributed by atoms with van der Waals surface area (Å²) in [5, 5.41) is 0. The summed E-state index contributed by atoms with van der Waals surface area (Å²) in [7, 11) is 0. The highest BCUT2D eigenvalue weighted by Gasteiger charge is 2.24. The Hall–Kier alpha value is -1.31. The van der Waals surface area contributed by atoms with Crippen LogP contribution in [0.5, 0.6) is 0 Å². The lowest BCUT2D eigenvalue weighted by molar-refractivity contribution is 0.101. The molecule has 2 atom stereocenters. The summed E-state index contributed by atoms with van der Waals surface area (Å²) in [5.74, 6) is 0.516. The molecule has 2 aromatic rings. The highest BCUT2D eigenvalue weighted by atomic mass is 35.5. The predicted molar refractivity (Wildman–Crippen MR) is 111 cm³/mol. The summed E-state index contributed by atoms with van der Waals surface area (Å²) < 4.78 is 0. The van der Waals surface area contributed by atoms with Crippen LogP contribution < -0.4 is 0 Å². The smallest absolute Gasteiger partial charge is 0.00898 e. The fourth-order valence-corrected chi connectivity index (χ4v) is 4.29. The average Bonchev–Trinajstić information content (AvgIpc) is 2.62. The van der Waals surface area contributed by atoms with Gasteiger partial charge in [-0.15, -0.1) is 12.4 Å². The molecule has 0 N–H and O–H groups in total. The first-order chi connectivity index (χ1) is 11.8. The van der Waals surface area contributed by atoms with Gasteiger partial charge in [-0.25, -0.2) is 0 Å². The van der Waals surface area contributed by atoms with E-state index in [2.05, 4.69) is 79.4 Å². The molecular formula is C23H32ClN. The van der Waals surface area contributed by atoms with Crippen molar-refractivity contribution in [1.29, 1.82) is 0 Å². The monoisotopic (exact) mass is 357 g/mol. The highest BCUT2D eigenvalue weighted by molar-refractivity contribution is 5.85. The van der Waals surface area contributed by atoms with Gasteiger partial charge in [0.05, 0.1) is 0 Å². The number of likely N-dealkylation sites (tertiary alicyclic amines) is 1. The van der Waals surface area contributed by atoms with Crippen LogP contribution in [0.2, 0.25) is 0 Å². The van der Waals surface area contributed by atoms with E-state index in [1.807, 2.05) is 0 Å². The third-order valence-corrected chi connectivity index (χ3v) is 5.69. The van der Waals surface area contributed by atoms with Gasteiger partial charge in [-0.2, -0.15) is 0 Å². The number of piperidine rings is 1. The lowest BCUT2D eigenvalue weighted by Gasteiger charge is -2.39. The SMILES string of the molecule is CC1CCCC(C)N1CCCC(c1ccccc1)c1ccccc1.Cl. The second kappa shape index (κ2) is 9.99. The summed E-state index contributed by atoms with van der Waals surface area (Å²) in [5.41, 5.74) is 2.90. The number of rotatable bonds is 6. The number of benzene rings is 2. The van der Waals surface area contributed by atoms with Crippen molar-refractivity contribution in [2.75, 3.05) is 6.54 Å². The topological polar surface area (TPSA) is 3.24 Å². The quantitative estimate of drug-likeness (QED) is 0.587. The van der Waals surface area contributed by atoms with E-state index in [0.717, 1.165) is 12.1 Å². The van der Waals surface area contributed by atoms with Crippen molar-refractivity contribution in [3.63, 3.8) is 0 Å². The number of nitrogens with zero attached hydrogens (tertiary/aromatic N) is 1. The molecule has 2 unspecified atom stereocenters. The minimum absolute atomic E-state index is 0. The van der Waals surface area contributed by atoms with Crippen LogP contribution in [0.3, 0.4) is 0 Å². The van der Waals surface area contributed by atoms with Crippen LogP contribution in [-0.4, -0.2) is 23.5 Å². The third kappa shape index (κ3) is 5.33. The van der Waals surface area contributed by atoms with E-state index in [1.54, 1.807) is 0 Å². The molecule has 1 heterocycles. The normalized spacial score (nSPS) is 21.1. The van der Waals surface area contributed by atoms with Crippen LogP contribution in [0.4, 0.5) is 0 Å². The van der Waals surface area contributed by atoms with Crippen LogP contribution in [0, 0.1) is 0 Å². The first kappa shape index (κ1) is 20.0. The maximum absolute atomic E-state index is 2.73. The molecule has 0 spiro atoms. The van der Waals surface area contributed by atoms with E-state index in [4.69, 9.17) is 0 Å². The zero-order valence-electron chi connectivity index (χ0n) is 15.6. The average molecular weight is 358 g/mol. The Bertz CT molecular complexity index is 549. The van der Waals surface area contributed by atoms with Gasteiger partial charge in [-0.05, 0) is 57.2 Å². The lowest BCUT2D eigenvalue weighted by Crippen LogP contribution is -2.44. The Morgan fingerprint density at radius 1 is 0.840 bits per heavy atom. The van der Waals surface area contributed by atoms with E-state index >= 15 is 0 Å². The van der Waals surface area contributed by atoms with Gasteiger partial charge >= 0.3 is 0 Å². The molecule has 136 valence electrons. The van der Waals surface area contributed by atoms with Crippen LogP contribution in [0.15, 0.2) is 60.7 Å². The molecule has 2 aromatic carbocycles. The summed E-state index contributed by atoms with van der Waals surface area (Å²) in [4.78, 5) is 2.73. The Morgan fingerprint density at radius 2 is 1.32 bits per heavy atom. The van der Waals surface area contributed by atoms with Crippen molar-refractivity contribution in [2.24, 2.45) is 0 Å². The summed E-state index contributed by atoms with van der Waals surface area (Å²) >= 11 is 0. The molecule has 1 saturated heterocycles. The Balaban J connectivity index is 0.00000225. The van der Waals surface area contributed by atoms with Gasteiger partial charge in [0.15, 0.2) is 0 Å². The van der Waals surface area contributed by atoms with E-state index in [-0.39, 0.29) is 12.4 Å². The molecule has 1 aliphatic rings. The van der Waals surface area contributed by atoms with Gasteiger partial charge in [0, 0.05) is 18.0 Å². The highest BCUT2D eigenvalue weighted by Crippen LogP contribution is 2.30. The third-order valence-electron chi connectivity index (χ3n) is 5.69. The zero-order chi connectivity index (χ0) is 16.8. The number of halogens is 1. The molecular weight excluding hydrogens is 326 g/mol.